The second kappa shape index (κ2) is 4.80. The number of aliphatic hydroxyl groups excluding tert-OH is 1. The molecule has 1 N–H and O–H groups in total. The summed E-state index contributed by atoms with van der Waals surface area (Å²) in [7, 11) is 0. The molecule has 3 heteroatoms. The van der Waals surface area contributed by atoms with E-state index in [0.717, 1.165) is 6.29 Å². The minimum Gasteiger partial charge on any atom is -0.392 e. The molecule has 0 aliphatic rings. The normalized spacial score (nSPS) is 10.6. The molecule has 0 aromatic heterocycles. The van der Waals surface area contributed by atoms with Crippen LogP contribution in [0.4, 0.5) is 0 Å². The minimum absolute atomic E-state index is 0.0660. The number of hydrogen-bond acceptors (Lipinski definition) is 2. The predicted octanol–water partition coefficient (Wildman–Crippen LogP) is 2.16. The average molecular weight is 197 g/mol. The Kier molecular flexibility index (Phi) is 3.68. The van der Waals surface area contributed by atoms with Gasteiger partial charge in [0.2, 0.25) is 0 Å². The number of rotatable bonds is 3. The van der Waals surface area contributed by atoms with Crippen LogP contribution in [0.3, 0.4) is 0 Å². The third-order valence-corrected chi connectivity index (χ3v) is 1.93. The number of aliphatic hydroxyl groups is 1. The lowest BCUT2D eigenvalue weighted by molar-refractivity contribution is 0.112. The Balaban J connectivity index is 3.14. The minimum atomic E-state index is -0.0660. The lowest BCUT2D eigenvalue weighted by Gasteiger charge is -2.00. The van der Waals surface area contributed by atoms with Gasteiger partial charge < -0.3 is 5.11 Å². The maximum atomic E-state index is 10.6. The topological polar surface area (TPSA) is 37.3 Å². The van der Waals surface area contributed by atoms with Gasteiger partial charge in [0.05, 0.1) is 6.61 Å². The first kappa shape index (κ1) is 9.96. The third-order valence-electron chi connectivity index (χ3n) is 1.60. The van der Waals surface area contributed by atoms with Crippen LogP contribution >= 0.6 is 11.6 Å². The van der Waals surface area contributed by atoms with Gasteiger partial charge in [0.25, 0.3) is 0 Å². The van der Waals surface area contributed by atoms with E-state index in [9.17, 15) is 4.79 Å². The summed E-state index contributed by atoms with van der Waals surface area (Å²) in [5, 5.41) is 9.07. The van der Waals surface area contributed by atoms with Gasteiger partial charge in [-0.2, -0.15) is 0 Å². The van der Waals surface area contributed by atoms with E-state index < -0.39 is 0 Å². The fourth-order valence-electron chi connectivity index (χ4n) is 1.00. The highest BCUT2D eigenvalue weighted by Crippen LogP contribution is 2.20. The van der Waals surface area contributed by atoms with Crippen LogP contribution in [-0.2, 0) is 0 Å². The summed E-state index contributed by atoms with van der Waals surface area (Å²) in [4.78, 5) is 10.6. The van der Waals surface area contributed by atoms with Gasteiger partial charge >= 0.3 is 0 Å². The second-order valence-corrected chi connectivity index (χ2v) is 2.85. The van der Waals surface area contributed by atoms with Gasteiger partial charge in [-0.3, -0.25) is 4.79 Å². The number of carbonyl (C=O) groups excluding carboxylic acids is 1. The standard InChI is InChI=1S/C10H9ClO2/c11-10-5-1-3-8(7-13)9(10)4-2-6-12/h1-5,7,12H,6H2. The molecule has 1 aromatic rings. The summed E-state index contributed by atoms with van der Waals surface area (Å²) in [5.74, 6) is 0. The molecule has 0 saturated carbocycles. The van der Waals surface area contributed by atoms with Gasteiger partial charge in [-0.05, 0) is 6.07 Å². The van der Waals surface area contributed by atoms with Crippen molar-refractivity contribution in [2.75, 3.05) is 6.61 Å². The Morgan fingerprint density at radius 3 is 2.85 bits per heavy atom. The lowest BCUT2D eigenvalue weighted by Crippen LogP contribution is -1.87. The highest BCUT2D eigenvalue weighted by atomic mass is 35.5. The summed E-state index contributed by atoms with van der Waals surface area (Å²) in [6, 6.07) is 5.09. The van der Waals surface area contributed by atoms with Crippen LogP contribution in [0.2, 0.25) is 5.02 Å². The molecule has 0 unspecified atom stereocenters. The van der Waals surface area contributed by atoms with Crippen LogP contribution in [0, 0.1) is 0 Å². The summed E-state index contributed by atoms with van der Waals surface area (Å²) in [6.45, 7) is -0.0660. The second-order valence-electron chi connectivity index (χ2n) is 2.45. The van der Waals surface area contributed by atoms with E-state index in [0.29, 0.717) is 16.1 Å². The molecule has 13 heavy (non-hydrogen) atoms. The number of benzene rings is 1. The Morgan fingerprint density at radius 2 is 2.23 bits per heavy atom. The molecule has 0 amide bonds. The van der Waals surface area contributed by atoms with Gasteiger partial charge in [0.15, 0.2) is 6.29 Å². The maximum absolute atomic E-state index is 10.6. The van der Waals surface area contributed by atoms with Gasteiger partial charge in [-0.25, -0.2) is 0 Å². The molecular formula is C10H9ClO2. The molecule has 0 radical (unpaired) electrons. The van der Waals surface area contributed by atoms with Crippen LogP contribution in [0.5, 0.6) is 0 Å². The highest BCUT2D eigenvalue weighted by Gasteiger charge is 2.01. The molecule has 0 bridgehead atoms. The molecule has 0 heterocycles. The molecular weight excluding hydrogens is 188 g/mol. The predicted molar refractivity (Wildman–Crippen MR) is 53.0 cm³/mol. The maximum Gasteiger partial charge on any atom is 0.150 e. The van der Waals surface area contributed by atoms with E-state index in [2.05, 4.69) is 0 Å². The summed E-state index contributed by atoms with van der Waals surface area (Å²) < 4.78 is 0. The smallest absolute Gasteiger partial charge is 0.150 e. The van der Waals surface area contributed by atoms with E-state index in [1.54, 1.807) is 24.3 Å². The summed E-state index contributed by atoms with van der Waals surface area (Å²) in [5.41, 5.74) is 1.17. The molecule has 0 spiro atoms. The fourth-order valence-corrected chi connectivity index (χ4v) is 1.25. The van der Waals surface area contributed by atoms with E-state index in [4.69, 9.17) is 16.7 Å². The van der Waals surface area contributed by atoms with E-state index in [1.165, 1.54) is 6.08 Å². The Labute approximate surface area is 81.5 Å². The zero-order valence-electron chi connectivity index (χ0n) is 6.90. The zero-order valence-corrected chi connectivity index (χ0v) is 7.66. The molecule has 68 valence electrons. The average Bonchev–Trinajstić information content (AvgIpc) is 2.15. The van der Waals surface area contributed by atoms with Crippen molar-refractivity contribution in [3.05, 3.63) is 40.4 Å². The van der Waals surface area contributed by atoms with Crippen molar-refractivity contribution in [2.45, 2.75) is 0 Å². The molecule has 1 aromatic carbocycles. The molecule has 0 fully saturated rings. The molecule has 0 aliphatic heterocycles. The Bertz CT molecular complexity index is 332. The fraction of sp³-hybridized carbons (Fsp3) is 0.100. The first-order valence-corrected chi connectivity index (χ1v) is 4.18. The van der Waals surface area contributed by atoms with E-state index in [-0.39, 0.29) is 6.61 Å². The van der Waals surface area contributed by atoms with Crippen molar-refractivity contribution in [1.82, 2.24) is 0 Å². The molecule has 1 rings (SSSR count). The first-order chi connectivity index (χ1) is 6.29. The van der Waals surface area contributed by atoms with Crippen LogP contribution < -0.4 is 0 Å². The first-order valence-electron chi connectivity index (χ1n) is 3.80. The van der Waals surface area contributed by atoms with Gasteiger partial charge in [0, 0.05) is 16.1 Å². The molecule has 0 saturated heterocycles. The van der Waals surface area contributed by atoms with E-state index in [1.807, 2.05) is 0 Å². The van der Waals surface area contributed by atoms with Gasteiger partial charge in [-0.15, -0.1) is 0 Å². The largest absolute Gasteiger partial charge is 0.392 e. The van der Waals surface area contributed by atoms with Crippen molar-refractivity contribution < 1.29 is 9.90 Å². The lowest BCUT2D eigenvalue weighted by atomic mass is 10.1. The zero-order chi connectivity index (χ0) is 9.68. The van der Waals surface area contributed by atoms with E-state index >= 15 is 0 Å². The Hall–Kier alpha value is -1.12. The number of aldehydes is 1. The van der Waals surface area contributed by atoms with Gasteiger partial charge in [0.1, 0.15) is 0 Å². The number of halogens is 1. The molecule has 0 aliphatic carbocycles. The van der Waals surface area contributed by atoms with Crippen molar-refractivity contribution in [3.8, 4) is 0 Å². The monoisotopic (exact) mass is 196 g/mol. The van der Waals surface area contributed by atoms with Crippen LogP contribution in [0.1, 0.15) is 15.9 Å². The van der Waals surface area contributed by atoms with Crippen molar-refractivity contribution in [3.63, 3.8) is 0 Å². The van der Waals surface area contributed by atoms with Crippen molar-refractivity contribution in [1.29, 1.82) is 0 Å². The quantitative estimate of drug-likeness (QED) is 0.753. The summed E-state index contributed by atoms with van der Waals surface area (Å²) in [6.07, 6.45) is 3.91. The number of hydrogen-bond donors (Lipinski definition) is 1. The Morgan fingerprint density at radius 1 is 1.46 bits per heavy atom. The van der Waals surface area contributed by atoms with Crippen molar-refractivity contribution in [2.24, 2.45) is 0 Å². The molecule has 2 nitrogen and oxygen atoms in total. The van der Waals surface area contributed by atoms with Crippen LogP contribution in [0.25, 0.3) is 6.08 Å². The van der Waals surface area contributed by atoms with Crippen LogP contribution in [0.15, 0.2) is 24.3 Å². The van der Waals surface area contributed by atoms with Gasteiger partial charge in [-0.1, -0.05) is 35.9 Å². The highest BCUT2D eigenvalue weighted by molar-refractivity contribution is 6.32. The van der Waals surface area contributed by atoms with Crippen molar-refractivity contribution >= 4 is 24.0 Å². The van der Waals surface area contributed by atoms with Crippen LogP contribution in [-0.4, -0.2) is 18.0 Å². The third kappa shape index (κ3) is 2.41. The molecule has 0 atom stereocenters. The summed E-state index contributed by atoms with van der Waals surface area (Å²) >= 11 is 5.85. The number of carbonyl (C=O) groups is 1. The SMILES string of the molecule is O=Cc1cccc(Cl)c1C=CCO.